The van der Waals surface area contributed by atoms with Crippen LogP contribution in [0.1, 0.15) is 76.1 Å². The summed E-state index contributed by atoms with van der Waals surface area (Å²) >= 11 is 0. The van der Waals surface area contributed by atoms with E-state index in [0.717, 1.165) is 27.9 Å². The van der Waals surface area contributed by atoms with Crippen molar-refractivity contribution in [3.63, 3.8) is 0 Å². The minimum absolute atomic E-state index is 0.0469. The Bertz CT molecular complexity index is 1700. The molecule has 49 heavy (non-hydrogen) atoms. The second-order valence-corrected chi connectivity index (χ2v) is 19.2. The van der Waals surface area contributed by atoms with Crippen molar-refractivity contribution in [2.24, 2.45) is 0 Å². The van der Waals surface area contributed by atoms with Crippen molar-refractivity contribution in [3.05, 3.63) is 102 Å². The molecular formula is C40H51FN2O5Si. The summed E-state index contributed by atoms with van der Waals surface area (Å²) in [6, 6.07) is 25.3. The topological polar surface area (TPSA) is 89.8 Å². The molecule has 1 amide bonds. The minimum Gasteiger partial charge on any atom is -0.469 e. The van der Waals surface area contributed by atoms with Gasteiger partial charge in [-0.1, -0.05) is 81.4 Å². The number of hydrogen-bond acceptors (Lipinski definition) is 5. The van der Waals surface area contributed by atoms with E-state index in [9.17, 15) is 19.1 Å². The van der Waals surface area contributed by atoms with Gasteiger partial charge in [0.25, 0.3) is 5.91 Å². The van der Waals surface area contributed by atoms with E-state index in [1.807, 2.05) is 79.1 Å². The molecule has 2 N–H and O–H groups in total. The van der Waals surface area contributed by atoms with Crippen LogP contribution in [0.2, 0.25) is 18.1 Å². The summed E-state index contributed by atoms with van der Waals surface area (Å²) in [7, 11) is -0.911. The summed E-state index contributed by atoms with van der Waals surface area (Å²) in [4.78, 5) is 26.7. The Hall–Kier alpha value is -4.05. The number of anilines is 1. The number of para-hydroxylation sites is 1. The molecule has 0 aliphatic heterocycles. The zero-order valence-electron chi connectivity index (χ0n) is 30.0. The number of halogens is 1. The Balaban J connectivity index is 1.82. The fourth-order valence-corrected chi connectivity index (χ4v) is 7.33. The van der Waals surface area contributed by atoms with Crippen molar-refractivity contribution in [1.29, 1.82) is 0 Å². The first-order chi connectivity index (χ1) is 23.1. The van der Waals surface area contributed by atoms with Crippen LogP contribution in [0.5, 0.6) is 0 Å². The third kappa shape index (κ3) is 9.35. The molecule has 0 fully saturated rings. The maximum Gasteiger partial charge on any atom is 0.308 e. The first-order valence-electron chi connectivity index (χ1n) is 17.0. The molecule has 3 aromatic carbocycles. The SMILES string of the molecule is COC(=O)C[C@H](CC(O)CCc1c(-c2ccc(F)cc2)c(-c2ccccc2)c(C(=O)Nc2ccccc2)n1C(C)C)O[Si](C)(C)C(C)(C)C. The van der Waals surface area contributed by atoms with Crippen LogP contribution in [0, 0.1) is 5.82 Å². The average Bonchev–Trinajstić information content (AvgIpc) is 3.40. The Morgan fingerprint density at radius 3 is 2.02 bits per heavy atom. The fraction of sp³-hybridized carbons (Fsp3) is 0.400. The van der Waals surface area contributed by atoms with Gasteiger partial charge in [-0.3, -0.25) is 9.59 Å². The number of aliphatic hydroxyl groups excluding tert-OH is 1. The molecule has 1 unspecified atom stereocenters. The van der Waals surface area contributed by atoms with Gasteiger partial charge in [-0.05, 0) is 86.6 Å². The largest absolute Gasteiger partial charge is 0.469 e. The van der Waals surface area contributed by atoms with Crippen molar-refractivity contribution in [2.75, 3.05) is 12.4 Å². The molecule has 4 rings (SSSR count). The zero-order chi connectivity index (χ0) is 35.9. The lowest BCUT2D eigenvalue weighted by Crippen LogP contribution is -2.45. The van der Waals surface area contributed by atoms with Crippen LogP contribution in [0.25, 0.3) is 22.3 Å². The first kappa shape index (κ1) is 37.8. The predicted molar refractivity (Wildman–Crippen MR) is 198 cm³/mol. The summed E-state index contributed by atoms with van der Waals surface area (Å²) in [5.41, 5.74) is 5.18. The van der Waals surface area contributed by atoms with Gasteiger partial charge in [-0.2, -0.15) is 0 Å². The molecule has 1 heterocycles. The highest BCUT2D eigenvalue weighted by molar-refractivity contribution is 6.74. The van der Waals surface area contributed by atoms with Crippen LogP contribution < -0.4 is 5.32 Å². The molecule has 0 spiro atoms. The van der Waals surface area contributed by atoms with Gasteiger partial charge < -0.3 is 24.2 Å². The molecule has 0 aliphatic rings. The van der Waals surface area contributed by atoms with Crippen molar-refractivity contribution in [3.8, 4) is 22.3 Å². The van der Waals surface area contributed by atoms with Crippen LogP contribution in [0.4, 0.5) is 10.1 Å². The summed E-state index contributed by atoms with van der Waals surface area (Å²) in [5.74, 6) is -1.01. The Labute approximate surface area is 291 Å². The van der Waals surface area contributed by atoms with Gasteiger partial charge in [0.2, 0.25) is 0 Å². The number of ether oxygens (including phenoxy) is 1. The van der Waals surface area contributed by atoms with Gasteiger partial charge in [0.15, 0.2) is 8.32 Å². The monoisotopic (exact) mass is 686 g/mol. The molecule has 262 valence electrons. The molecular weight excluding hydrogens is 636 g/mol. The highest BCUT2D eigenvalue weighted by Gasteiger charge is 2.40. The molecule has 4 aromatic rings. The van der Waals surface area contributed by atoms with Crippen molar-refractivity contribution < 1.29 is 28.2 Å². The Morgan fingerprint density at radius 2 is 1.47 bits per heavy atom. The summed E-state index contributed by atoms with van der Waals surface area (Å²) in [6.45, 7) is 14.7. The summed E-state index contributed by atoms with van der Waals surface area (Å²) in [5, 5.41) is 14.5. The smallest absolute Gasteiger partial charge is 0.308 e. The third-order valence-corrected chi connectivity index (χ3v) is 13.9. The van der Waals surface area contributed by atoms with E-state index in [0.29, 0.717) is 24.2 Å². The van der Waals surface area contributed by atoms with E-state index < -0.39 is 20.5 Å². The van der Waals surface area contributed by atoms with Crippen LogP contribution in [-0.4, -0.2) is 49.2 Å². The lowest BCUT2D eigenvalue weighted by Gasteiger charge is -2.39. The maximum absolute atomic E-state index is 14.3. The van der Waals surface area contributed by atoms with Crippen LogP contribution >= 0.6 is 0 Å². The summed E-state index contributed by atoms with van der Waals surface area (Å²) < 4.78 is 27.9. The molecule has 2 atom stereocenters. The molecule has 9 heteroatoms. The first-order valence-corrected chi connectivity index (χ1v) is 19.9. The molecule has 0 saturated carbocycles. The predicted octanol–water partition coefficient (Wildman–Crippen LogP) is 9.43. The normalized spacial score (nSPS) is 13.3. The Morgan fingerprint density at radius 1 is 0.898 bits per heavy atom. The minimum atomic E-state index is -2.27. The van der Waals surface area contributed by atoms with Gasteiger partial charge in [-0.15, -0.1) is 0 Å². The second-order valence-electron chi connectivity index (χ2n) is 14.4. The quantitative estimate of drug-likeness (QED) is 0.102. The lowest BCUT2D eigenvalue weighted by atomic mass is 9.92. The highest BCUT2D eigenvalue weighted by atomic mass is 28.4. The number of carbonyl (C=O) groups is 2. The average molecular weight is 687 g/mol. The number of carbonyl (C=O) groups excluding carboxylic acids is 2. The number of aliphatic hydroxyl groups is 1. The van der Waals surface area contributed by atoms with Crippen molar-refractivity contribution >= 4 is 25.9 Å². The van der Waals surface area contributed by atoms with Crippen LogP contribution in [0.15, 0.2) is 84.9 Å². The summed E-state index contributed by atoms with van der Waals surface area (Å²) in [6.07, 6.45) is -0.261. The van der Waals surface area contributed by atoms with Crippen LogP contribution in [-0.2, 0) is 20.4 Å². The van der Waals surface area contributed by atoms with E-state index in [2.05, 4.69) is 39.2 Å². The molecule has 0 aliphatic carbocycles. The second kappa shape index (κ2) is 16.1. The number of amides is 1. The Kier molecular flexibility index (Phi) is 12.4. The number of methoxy groups -OCH3 is 1. The number of rotatable bonds is 14. The highest BCUT2D eigenvalue weighted by Crippen LogP contribution is 2.43. The van der Waals surface area contributed by atoms with Crippen LogP contribution in [0.3, 0.4) is 0 Å². The van der Waals surface area contributed by atoms with Gasteiger partial charge in [0.05, 0.1) is 25.7 Å². The number of nitrogens with zero attached hydrogens (tertiary/aromatic N) is 1. The van der Waals surface area contributed by atoms with Crippen molar-refractivity contribution in [1.82, 2.24) is 4.57 Å². The number of hydrogen-bond donors (Lipinski definition) is 2. The van der Waals surface area contributed by atoms with E-state index in [1.165, 1.54) is 19.2 Å². The lowest BCUT2D eigenvalue weighted by molar-refractivity contribution is -0.142. The zero-order valence-corrected chi connectivity index (χ0v) is 31.0. The molecule has 0 bridgehead atoms. The fourth-order valence-electron chi connectivity index (χ4n) is 5.96. The van der Waals surface area contributed by atoms with E-state index in [1.54, 1.807) is 12.1 Å². The van der Waals surface area contributed by atoms with E-state index >= 15 is 0 Å². The number of esters is 1. The van der Waals surface area contributed by atoms with Crippen molar-refractivity contribution in [2.45, 2.75) is 96.7 Å². The van der Waals surface area contributed by atoms with Gasteiger partial charge in [0.1, 0.15) is 11.5 Å². The van der Waals surface area contributed by atoms with Gasteiger partial charge in [0, 0.05) is 28.6 Å². The molecule has 7 nitrogen and oxygen atoms in total. The van der Waals surface area contributed by atoms with Gasteiger partial charge >= 0.3 is 5.97 Å². The van der Waals surface area contributed by atoms with Gasteiger partial charge in [-0.25, -0.2) is 4.39 Å². The standard InChI is InChI=1S/C40H51FN2O5Si/c1-27(2)43-34(24-23-32(44)25-33(26-35(45)47-6)48-49(7,8)40(3,4)5)36(29-19-21-30(41)22-20-29)37(28-15-11-9-12-16-28)38(43)39(46)42-31-17-13-10-14-18-31/h9-22,27,32-33,44H,23-26H2,1-8H3,(H,42,46)/t32?,33-/m0/s1. The van der Waals surface area contributed by atoms with E-state index in [4.69, 9.17) is 9.16 Å². The number of benzene rings is 3. The molecule has 0 radical (unpaired) electrons. The van der Waals surface area contributed by atoms with E-state index in [-0.39, 0.29) is 41.6 Å². The number of aromatic nitrogens is 1. The molecule has 1 aromatic heterocycles. The third-order valence-electron chi connectivity index (χ3n) is 9.40. The molecule has 0 saturated heterocycles. The maximum atomic E-state index is 14.3. The number of nitrogens with one attached hydrogen (secondary N) is 1.